The van der Waals surface area contributed by atoms with Gasteiger partial charge >= 0.3 is 0 Å². The first kappa shape index (κ1) is 17.0. The maximum Gasteiger partial charge on any atom is 0.269 e. The van der Waals surface area contributed by atoms with Gasteiger partial charge in [-0.1, -0.05) is 29.3 Å². The number of rotatable bonds is 4. The molecular weight excluding hydrogens is 364 g/mol. The number of nitrogens with zero attached hydrogens (tertiary/aromatic N) is 4. The molecule has 0 aliphatic heterocycles. The van der Waals surface area contributed by atoms with E-state index in [0.29, 0.717) is 27.4 Å². The van der Waals surface area contributed by atoms with Crippen LogP contribution in [-0.2, 0) is 0 Å². The second kappa shape index (κ2) is 7.05. The maximum atomic E-state index is 12.3. The monoisotopic (exact) mass is 378 g/mol. The van der Waals surface area contributed by atoms with E-state index in [1.165, 1.54) is 6.33 Å². The summed E-state index contributed by atoms with van der Waals surface area (Å²) in [7, 11) is 0. The van der Waals surface area contributed by atoms with Crippen molar-refractivity contribution in [3.63, 3.8) is 0 Å². The Hall–Kier alpha value is -3.45. The number of fused-ring (bicyclic) bond motifs is 1. The van der Waals surface area contributed by atoms with Gasteiger partial charge in [-0.25, -0.2) is 14.6 Å². The van der Waals surface area contributed by atoms with E-state index in [1.54, 1.807) is 35.1 Å². The number of amides is 1. The van der Waals surface area contributed by atoms with Crippen molar-refractivity contribution < 1.29 is 4.79 Å². The Morgan fingerprint density at radius 2 is 1.78 bits per heavy atom. The molecule has 0 radical (unpaired) electrons. The highest BCUT2D eigenvalue weighted by Crippen LogP contribution is 2.22. The summed E-state index contributed by atoms with van der Waals surface area (Å²) < 4.78 is 1.68. The molecule has 4 rings (SSSR count). The van der Waals surface area contributed by atoms with Crippen molar-refractivity contribution in [1.29, 1.82) is 0 Å². The summed E-state index contributed by atoms with van der Waals surface area (Å²) in [5.74, 6) is 0.201. The normalized spacial score (nSPS) is 10.7. The molecule has 2 aromatic carbocycles. The molecule has 0 unspecified atom stereocenters. The molecule has 0 aliphatic carbocycles. The lowest BCUT2D eigenvalue weighted by molar-refractivity contribution is 0.0962. The maximum absolute atomic E-state index is 12.3. The number of carbonyl (C=O) groups is 1. The van der Waals surface area contributed by atoms with Crippen molar-refractivity contribution in [2.24, 2.45) is 0 Å². The zero-order valence-corrected chi connectivity index (χ0v) is 15.1. The first-order chi connectivity index (χ1) is 13.1. The third kappa shape index (κ3) is 3.45. The van der Waals surface area contributed by atoms with Gasteiger partial charge in [0.15, 0.2) is 11.5 Å². The first-order valence-electron chi connectivity index (χ1n) is 8.19. The van der Waals surface area contributed by atoms with Crippen LogP contribution in [-0.4, -0.2) is 25.7 Å². The molecule has 7 nitrogen and oxygen atoms in total. The van der Waals surface area contributed by atoms with Crippen LogP contribution in [0.5, 0.6) is 0 Å². The van der Waals surface area contributed by atoms with E-state index in [4.69, 9.17) is 11.6 Å². The van der Waals surface area contributed by atoms with Crippen molar-refractivity contribution >= 4 is 34.4 Å². The number of anilines is 1. The highest BCUT2D eigenvalue weighted by atomic mass is 35.5. The molecule has 4 aromatic rings. The highest BCUT2D eigenvalue weighted by molar-refractivity contribution is 6.30. The van der Waals surface area contributed by atoms with Gasteiger partial charge in [-0.05, 0) is 43.3 Å². The van der Waals surface area contributed by atoms with Gasteiger partial charge in [-0.3, -0.25) is 15.6 Å². The van der Waals surface area contributed by atoms with Crippen LogP contribution < -0.4 is 10.9 Å². The second-order valence-corrected chi connectivity index (χ2v) is 6.37. The SMILES string of the molecule is Cc1ccc(C(=O)NNc2ncnc3c2cnn3-c2ccc(Cl)cc2)cc1. The average Bonchev–Trinajstić information content (AvgIpc) is 3.12. The number of carbonyl (C=O) groups excluding carboxylic acids is 1. The van der Waals surface area contributed by atoms with E-state index in [0.717, 1.165) is 11.3 Å². The first-order valence-corrected chi connectivity index (χ1v) is 8.57. The lowest BCUT2D eigenvalue weighted by Crippen LogP contribution is -2.29. The van der Waals surface area contributed by atoms with E-state index in [1.807, 2.05) is 31.2 Å². The number of benzene rings is 2. The molecule has 0 atom stereocenters. The van der Waals surface area contributed by atoms with Crippen LogP contribution in [0.1, 0.15) is 15.9 Å². The number of aromatic nitrogens is 4. The number of halogens is 1. The molecule has 0 aliphatic rings. The number of hydrogen-bond acceptors (Lipinski definition) is 5. The van der Waals surface area contributed by atoms with Gasteiger partial charge in [-0.15, -0.1) is 0 Å². The molecule has 0 saturated carbocycles. The van der Waals surface area contributed by atoms with Gasteiger partial charge in [0.05, 0.1) is 17.3 Å². The van der Waals surface area contributed by atoms with Crippen molar-refractivity contribution in [3.05, 3.63) is 77.2 Å². The van der Waals surface area contributed by atoms with Gasteiger partial charge in [0.1, 0.15) is 6.33 Å². The molecule has 2 aromatic heterocycles. The van der Waals surface area contributed by atoms with Crippen LogP contribution >= 0.6 is 11.6 Å². The summed E-state index contributed by atoms with van der Waals surface area (Å²) in [6, 6.07) is 14.6. The Kier molecular flexibility index (Phi) is 4.43. The lowest BCUT2D eigenvalue weighted by Gasteiger charge is -2.09. The zero-order valence-electron chi connectivity index (χ0n) is 14.3. The predicted molar refractivity (Wildman–Crippen MR) is 104 cm³/mol. The number of aryl methyl sites for hydroxylation is 1. The van der Waals surface area contributed by atoms with Gasteiger partial charge in [0.25, 0.3) is 5.91 Å². The molecule has 2 heterocycles. The average molecular weight is 379 g/mol. The summed E-state index contributed by atoms with van der Waals surface area (Å²) >= 11 is 5.94. The van der Waals surface area contributed by atoms with Crippen LogP contribution in [0, 0.1) is 6.92 Å². The smallest absolute Gasteiger partial charge is 0.269 e. The minimum absolute atomic E-state index is 0.258. The van der Waals surface area contributed by atoms with Gasteiger partial charge < -0.3 is 0 Å². The molecule has 27 heavy (non-hydrogen) atoms. The van der Waals surface area contributed by atoms with E-state index in [2.05, 4.69) is 25.9 Å². The fourth-order valence-electron chi connectivity index (χ4n) is 2.61. The predicted octanol–water partition coefficient (Wildman–Crippen LogP) is 3.53. The lowest BCUT2D eigenvalue weighted by atomic mass is 10.1. The molecule has 1 amide bonds. The Morgan fingerprint density at radius 1 is 1.04 bits per heavy atom. The fourth-order valence-corrected chi connectivity index (χ4v) is 2.73. The van der Waals surface area contributed by atoms with E-state index < -0.39 is 0 Å². The zero-order chi connectivity index (χ0) is 18.8. The van der Waals surface area contributed by atoms with Gasteiger partial charge in [0, 0.05) is 10.6 Å². The number of hydrogen-bond donors (Lipinski definition) is 2. The third-order valence-electron chi connectivity index (χ3n) is 4.05. The van der Waals surface area contributed by atoms with Crippen LogP contribution in [0.3, 0.4) is 0 Å². The molecule has 0 spiro atoms. The van der Waals surface area contributed by atoms with E-state index in [9.17, 15) is 4.79 Å². The van der Waals surface area contributed by atoms with E-state index in [-0.39, 0.29) is 5.91 Å². The summed E-state index contributed by atoms with van der Waals surface area (Å²) in [5.41, 5.74) is 8.57. The standard InChI is InChI=1S/C19H15ClN6O/c1-12-2-4-13(5-3-12)19(27)25-24-17-16-10-23-26(18(16)22-11-21-17)15-8-6-14(20)7-9-15/h2-11H,1H3,(H,25,27)(H,21,22,24). The number of hydrazine groups is 1. The van der Waals surface area contributed by atoms with Gasteiger partial charge in [-0.2, -0.15) is 5.10 Å². The molecule has 0 fully saturated rings. The topological polar surface area (TPSA) is 84.7 Å². The minimum atomic E-state index is -0.258. The summed E-state index contributed by atoms with van der Waals surface area (Å²) in [5, 5.41) is 5.69. The molecule has 0 saturated heterocycles. The van der Waals surface area contributed by atoms with Gasteiger partial charge in [0.2, 0.25) is 0 Å². The van der Waals surface area contributed by atoms with Crippen LogP contribution in [0.4, 0.5) is 5.82 Å². The van der Waals surface area contributed by atoms with Crippen LogP contribution in [0.2, 0.25) is 5.02 Å². The highest BCUT2D eigenvalue weighted by Gasteiger charge is 2.12. The minimum Gasteiger partial charge on any atom is -0.281 e. The Bertz CT molecular complexity index is 1110. The fraction of sp³-hybridized carbons (Fsp3) is 0.0526. The van der Waals surface area contributed by atoms with Crippen LogP contribution in [0.25, 0.3) is 16.7 Å². The van der Waals surface area contributed by atoms with Crippen molar-refractivity contribution in [2.45, 2.75) is 6.92 Å². The van der Waals surface area contributed by atoms with Crippen LogP contribution in [0.15, 0.2) is 61.1 Å². The summed E-state index contributed by atoms with van der Waals surface area (Å²) in [4.78, 5) is 20.8. The Balaban J connectivity index is 1.58. The Labute approximate surface area is 160 Å². The molecule has 8 heteroatoms. The molecule has 134 valence electrons. The third-order valence-corrected chi connectivity index (χ3v) is 4.30. The molecule has 2 N–H and O–H groups in total. The summed E-state index contributed by atoms with van der Waals surface area (Å²) in [6.07, 6.45) is 3.06. The molecular formula is C19H15ClN6O. The summed E-state index contributed by atoms with van der Waals surface area (Å²) in [6.45, 7) is 1.97. The largest absolute Gasteiger partial charge is 0.281 e. The molecule has 0 bridgehead atoms. The Morgan fingerprint density at radius 3 is 2.52 bits per heavy atom. The van der Waals surface area contributed by atoms with Crippen molar-refractivity contribution in [2.75, 3.05) is 5.43 Å². The second-order valence-electron chi connectivity index (χ2n) is 5.94. The van der Waals surface area contributed by atoms with Crippen molar-refractivity contribution in [3.8, 4) is 5.69 Å². The quantitative estimate of drug-likeness (QED) is 0.530. The number of nitrogens with one attached hydrogen (secondary N) is 2. The van der Waals surface area contributed by atoms with Crippen molar-refractivity contribution in [1.82, 2.24) is 25.2 Å². The van der Waals surface area contributed by atoms with E-state index >= 15 is 0 Å².